The highest BCUT2D eigenvalue weighted by atomic mass is 32.2. The molecule has 1 aliphatic heterocycles. The second-order valence-corrected chi connectivity index (χ2v) is 6.96. The Morgan fingerprint density at radius 3 is 2.83 bits per heavy atom. The van der Waals surface area contributed by atoms with E-state index in [0.29, 0.717) is 5.69 Å². The van der Waals surface area contributed by atoms with Crippen LogP contribution in [-0.4, -0.2) is 41.1 Å². The van der Waals surface area contributed by atoms with Crippen LogP contribution in [0.2, 0.25) is 0 Å². The number of thioether (sulfide) groups is 1. The number of carbonyl (C=O) groups is 3. The van der Waals surface area contributed by atoms with E-state index in [9.17, 15) is 14.4 Å². The van der Waals surface area contributed by atoms with Crippen molar-refractivity contribution in [3.63, 3.8) is 0 Å². The van der Waals surface area contributed by atoms with Crippen LogP contribution in [0.15, 0.2) is 29.2 Å². The SMILES string of the molecule is CSc1cccc(NC(=O)CN2C(=O)N[C@](C)(C3CC3)C2=O)c1. The summed E-state index contributed by atoms with van der Waals surface area (Å²) in [5.74, 6) is -0.505. The second-order valence-electron chi connectivity index (χ2n) is 6.08. The summed E-state index contributed by atoms with van der Waals surface area (Å²) in [6, 6.07) is 6.93. The van der Waals surface area contributed by atoms with Gasteiger partial charge in [-0.15, -0.1) is 11.8 Å². The van der Waals surface area contributed by atoms with Gasteiger partial charge in [0, 0.05) is 10.6 Å². The molecule has 1 heterocycles. The van der Waals surface area contributed by atoms with Crippen LogP contribution in [0.4, 0.5) is 10.5 Å². The highest BCUT2D eigenvalue weighted by molar-refractivity contribution is 7.98. The molecule has 2 fully saturated rings. The molecular formula is C16H19N3O3S. The van der Waals surface area contributed by atoms with Crippen LogP contribution in [0.3, 0.4) is 0 Å². The maximum Gasteiger partial charge on any atom is 0.325 e. The Balaban J connectivity index is 1.65. The number of hydrogen-bond acceptors (Lipinski definition) is 4. The van der Waals surface area contributed by atoms with E-state index in [0.717, 1.165) is 22.6 Å². The first-order valence-corrected chi connectivity index (χ1v) is 8.74. The van der Waals surface area contributed by atoms with Crippen LogP contribution in [-0.2, 0) is 9.59 Å². The number of anilines is 1. The first-order chi connectivity index (χ1) is 10.9. The molecule has 122 valence electrons. The molecule has 1 aromatic carbocycles. The van der Waals surface area contributed by atoms with Gasteiger partial charge in [0.05, 0.1) is 0 Å². The van der Waals surface area contributed by atoms with Gasteiger partial charge in [0.15, 0.2) is 0 Å². The molecule has 0 unspecified atom stereocenters. The minimum absolute atomic E-state index is 0.185. The molecule has 1 saturated heterocycles. The van der Waals surface area contributed by atoms with Crippen LogP contribution in [0.5, 0.6) is 0 Å². The molecule has 6 nitrogen and oxygen atoms in total. The Hall–Kier alpha value is -2.02. The van der Waals surface area contributed by atoms with Gasteiger partial charge in [-0.05, 0) is 50.1 Å². The number of nitrogens with zero attached hydrogens (tertiary/aromatic N) is 1. The van der Waals surface area contributed by atoms with Gasteiger partial charge in [-0.2, -0.15) is 0 Å². The zero-order valence-electron chi connectivity index (χ0n) is 13.1. The average Bonchev–Trinajstić information content (AvgIpc) is 3.34. The van der Waals surface area contributed by atoms with Gasteiger partial charge in [-0.1, -0.05) is 6.07 Å². The van der Waals surface area contributed by atoms with Gasteiger partial charge in [-0.25, -0.2) is 4.79 Å². The Kier molecular flexibility index (Phi) is 4.06. The molecule has 1 atom stereocenters. The fraction of sp³-hybridized carbons (Fsp3) is 0.438. The summed E-state index contributed by atoms with van der Waals surface area (Å²) in [6.45, 7) is 1.47. The standard InChI is InChI=1S/C16H19N3O3S/c1-16(10-6-7-10)14(21)19(15(22)18-16)9-13(20)17-11-4-3-5-12(8-11)23-2/h3-5,8,10H,6-7,9H2,1-2H3,(H,17,20)(H,18,22)/t16-/m1/s1. The molecule has 23 heavy (non-hydrogen) atoms. The molecule has 0 radical (unpaired) electrons. The largest absolute Gasteiger partial charge is 0.325 e. The third-order valence-electron chi connectivity index (χ3n) is 4.35. The molecule has 1 aliphatic carbocycles. The minimum atomic E-state index is -0.851. The fourth-order valence-corrected chi connectivity index (χ4v) is 3.30. The van der Waals surface area contributed by atoms with Crippen molar-refractivity contribution in [1.29, 1.82) is 0 Å². The lowest BCUT2D eigenvalue weighted by atomic mass is 9.96. The van der Waals surface area contributed by atoms with Crippen molar-refractivity contribution in [3.8, 4) is 0 Å². The fourth-order valence-electron chi connectivity index (χ4n) is 2.84. The Morgan fingerprint density at radius 1 is 1.43 bits per heavy atom. The summed E-state index contributed by atoms with van der Waals surface area (Å²) in [5.41, 5.74) is -0.199. The molecule has 2 aliphatic rings. The average molecular weight is 333 g/mol. The topological polar surface area (TPSA) is 78.5 Å². The lowest BCUT2D eigenvalue weighted by Gasteiger charge is -2.20. The number of hydrogen-bond donors (Lipinski definition) is 2. The van der Waals surface area contributed by atoms with Crippen LogP contribution in [0.1, 0.15) is 19.8 Å². The van der Waals surface area contributed by atoms with Gasteiger partial charge in [0.2, 0.25) is 5.91 Å². The summed E-state index contributed by atoms with van der Waals surface area (Å²) < 4.78 is 0. The second kappa shape index (κ2) is 5.88. The number of carbonyl (C=O) groups excluding carboxylic acids is 3. The first kappa shape index (κ1) is 15.9. The van der Waals surface area contributed by atoms with Crippen molar-refractivity contribution < 1.29 is 14.4 Å². The van der Waals surface area contributed by atoms with E-state index < -0.39 is 11.6 Å². The molecule has 1 aromatic rings. The molecule has 3 rings (SSSR count). The van der Waals surface area contributed by atoms with Crippen molar-refractivity contribution in [3.05, 3.63) is 24.3 Å². The van der Waals surface area contributed by atoms with Crippen molar-refractivity contribution in [2.75, 3.05) is 18.1 Å². The van der Waals surface area contributed by atoms with Gasteiger partial charge in [0.25, 0.3) is 5.91 Å². The van der Waals surface area contributed by atoms with Gasteiger partial charge >= 0.3 is 6.03 Å². The van der Waals surface area contributed by atoms with E-state index >= 15 is 0 Å². The summed E-state index contributed by atoms with van der Waals surface area (Å²) >= 11 is 1.57. The van der Waals surface area contributed by atoms with E-state index in [1.807, 2.05) is 24.5 Å². The minimum Gasteiger partial charge on any atom is -0.324 e. The molecule has 2 N–H and O–H groups in total. The van der Waals surface area contributed by atoms with E-state index in [1.54, 1.807) is 24.8 Å². The third-order valence-corrected chi connectivity index (χ3v) is 5.08. The van der Waals surface area contributed by atoms with Gasteiger partial charge < -0.3 is 10.6 Å². The first-order valence-electron chi connectivity index (χ1n) is 7.52. The quantitative estimate of drug-likeness (QED) is 0.639. The monoisotopic (exact) mass is 333 g/mol. The molecule has 0 spiro atoms. The predicted octanol–water partition coefficient (Wildman–Crippen LogP) is 2.07. The number of imide groups is 1. The number of rotatable bonds is 5. The van der Waals surface area contributed by atoms with Gasteiger partial charge in [-0.3, -0.25) is 14.5 Å². The normalized spacial score (nSPS) is 23.8. The molecule has 0 bridgehead atoms. The summed E-state index contributed by atoms with van der Waals surface area (Å²) in [6.07, 6.45) is 3.82. The molecule has 1 saturated carbocycles. The van der Waals surface area contributed by atoms with Crippen LogP contribution in [0, 0.1) is 5.92 Å². The number of benzene rings is 1. The number of nitrogens with one attached hydrogen (secondary N) is 2. The molecule has 0 aromatic heterocycles. The molecular weight excluding hydrogens is 314 g/mol. The van der Waals surface area contributed by atoms with Crippen molar-refractivity contribution in [2.45, 2.75) is 30.2 Å². The van der Waals surface area contributed by atoms with Crippen LogP contribution < -0.4 is 10.6 Å². The maximum absolute atomic E-state index is 12.5. The maximum atomic E-state index is 12.5. The van der Waals surface area contributed by atoms with E-state index in [-0.39, 0.29) is 24.3 Å². The summed E-state index contributed by atoms with van der Waals surface area (Å²) in [5, 5.41) is 5.46. The molecule has 4 amide bonds. The Bertz CT molecular complexity index is 674. The summed E-state index contributed by atoms with van der Waals surface area (Å²) in [7, 11) is 0. The van der Waals surface area contributed by atoms with E-state index in [1.165, 1.54) is 0 Å². The highest BCUT2D eigenvalue weighted by Crippen LogP contribution is 2.42. The zero-order chi connectivity index (χ0) is 16.6. The Morgan fingerprint density at radius 2 is 2.17 bits per heavy atom. The van der Waals surface area contributed by atoms with Crippen molar-refractivity contribution in [1.82, 2.24) is 10.2 Å². The Labute approximate surface area is 139 Å². The lowest BCUT2D eigenvalue weighted by molar-refractivity contribution is -0.134. The van der Waals surface area contributed by atoms with Crippen LogP contribution >= 0.6 is 11.8 Å². The summed E-state index contributed by atoms with van der Waals surface area (Å²) in [4.78, 5) is 38.7. The van der Waals surface area contributed by atoms with Crippen molar-refractivity contribution in [2.24, 2.45) is 5.92 Å². The number of urea groups is 1. The van der Waals surface area contributed by atoms with E-state index in [4.69, 9.17) is 0 Å². The predicted molar refractivity (Wildman–Crippen MR) is 88.2 cm³/mol. The molecule has 7 heteroatoms. The highest BCUT2D eigenvalue weighted by Gasteiger charge is 2.56. The van der Waals surface area contributed by atoms with E-state index in [2.05, 4.69) is 10.6 Å². The lowest BCUT2D eigenvalue weighted by Crippen LogP contribution is -2.46. The van der Waals surface area contributed by atoms with Crippen LogP contribution in [0.25, 0.3) is 0 Å². The number of amides is 4. The van der Waals surface area contributed by atoms with Gasteiger partial charge in [0.1, 0.15) is 12.1 Å². The van der Waals surface area contributed by atoms with Crippen molar-refractivity contribution >= 4 is 35.3 Å². The smallest absolute Gasteiger partial charge is 0.324 e. The third kappa shape index (κ3) is 3.06. The zero-order valence-corrected chi connectivity index (χ0v) is 13.9.